The van der Waals surface area contributed by atoms with Crippen molar-refractivity contribution in [3.63, 3.8) is 0 Å². The maximum atomic E-state index is 12.6. The number of rotatable bonds is 10. The molecule has 0 radical (unpaired) electrons. The number of benzene rings is 3. The molecule has 0 fully saturated rings. The summed E-state index contributed by atoms with van der Waals surface area (Å²) in [7, 11) is -4.10. The van der Waals surface area contributed by atoms with Crippen LogP contribution in [-0.2, 0) is 21.2 Å². The number of carbonyl (C=O) groups is 1. The number of carbonyl (C=O) groups excluding carboxylic acids is 1. The zero-order valence-electron chi connectivity index (χ0n) is 19.4. The summed E-state index contributed by atoms with van der Waals surface area (Å²) in [6.07, 6.45) is 2.28. The third-order valence-corrected chi connectivity index (χ3v) is 6.90. The highest BCUT2D eigenvalue weighted by molar-refractivity contribution is 7.90. The largest absolute Gasteiger partial charge is 0.493 e. The molecule has 4 N–H and O–H groups in total. The van der Waals surface area contributed by atoms with Gasteiger partial charge >= 0.3 is 0 Å². The van der Waals surface area contributed by atoms with Gasteiger partial charge in [0.05, 0.1) is 17.8 Å². The Bertz CT molecular complexity index is 1310. The molecule has 1 amide bonds. The van der Waals surface area contributed by atoms with Crippen LogP contribution in [0.2, 0.25) is 5.02 Å². The second-order valence-corrected chi connectivity index (χ2v) is 9.98. The fourth-order valence-corrected chi connectivity index (χ4v) is 4.89. The number of halogens is 1. The minimum atomic E-state index is -4.10. The average molecular weight is 515 g/mol. The van der Waals surface area contributed by atoms with Crippen LogP contribution in [-0.4, -0.2) is 33.2 Å². The predicted octanol–water partition coefficient (Wildman–Crippen LogP) is 3.87. The number of hydrazone groups is 1. The van der Waals surface area contributed by atoms with Gasteiger partial charge in [0.25, 0.3) is 15.9 Å². The fraction of sp³-hybridized carbons (Fsp3) is 0.200. The van der Waals surface area contributed by atoms with E-state index in [1.165, 1.54) is 18.2 Å². The first-order valence-electron chi connectivity index (χ1n) is 10.8. The monoisotopic (exact) mass is 514 g/mol. The summed E-state index contributed by atoms with van der Waals surface area (Å²) in [5.74, 6) is 5.08. The van der Waals surface area contributed by atoms with Gasteiger partial charge in [-0.3, -0.25) is 4.79 Å². The lowest BCUT2D eigenvalue weighted by Crippen LogP contribution is -2.41. The molecule has 1 atom stereocenters. The number of sulfonamides is 1. The quantitative estimate of drug-likeness (QED) is 0.214. The predicted molar refractivity (Wildman–Crippen MR) is 138 cm³/mol. The van der Waals surface area contributed by atoms with Crippen LogP contribution < -0.4 is 20.6 Å². The molecule has 0 aliphatic rings. The van der Waals surface area contributed by atoms with Crippen LogP contribution in [0.4, 0.5) is 5.69 Å². The highest BCUT2D eigenvalue weighted by Gasteiger charge is 2.23. The molecule has 35 heavy (non-hydrogen) atoms. The maximum Gasteiger partial charge on any atom is 0.265 e. The minimum Gasteiger partial charge on any atom is -0.493 e. The van der Waals surface area contributed by atoms with E-state index in [9.17, 15) is 13.2 Å². The van der Waals surface area contributed by atoms with Crippen LogP contribution in [0, 0.1) is 6.92 Å². The number of aryl methyl sites for hydroxylation is 1. The molecule has 0 aliphatic carbocycles. The van der Waals surface area contributed by atoms with E-state index in [0.29, 0.717) is 24.5 Å². The summed E-state index contributed by atoms with van der Waals surface area (Å²) in [5, 5.41) is 6.57. The molecule has 3 aromatic rings. The smallest absolute Gasteiger partial charge is 0.265 e. The highest BCUT2D eigenvalue weighted by Crippen LogP contribution is 2.23. The van der Waals surface area contributed by atoms with Gasteiger partial charge in [0, 0.05) is 18.2 Å². The Hall–Kier alpha value is -3.56. The SMILES string of the molecule is Cc1cc(NC(C)C(=O)NS(=O)(=O)c2ccccc2Cl)cc(OCCc2ccc(C=NN)cc2)c1. The van der Waals surface area contributed by atoms with Crippen molar-refractivity contribution in [3.8, 4) is 5.75 Å². The number of nitrogens with zero attached hydrogens (tertiary/aromatic N) is 1. The van der Waals surface area contributed by atoms with Crippen LogP contribution in [0.1, 0.15) is 23.6 Å². The summed E-state index contributed by atoms with van der Waals surface area (Å²) in [5.41, 5.74) is 3.58. The topological polar surface area (TPSA) is 123 Å². The highest BCUT2D eigenvalue weighted by atomic mass is 35.5. The summed E-state index contributed by atoms with van der Waals surface area (Å²) >= 11 is 5.97. The van der Waals surface area contributed by atoms with E-state index in [-0.39, 0.29) is 9.92 Å². The van der Waals surface area contributed by atoms with E-state index in [0.717, 1.165) is 16.7 Å². The fourth-order valence-electron chi connectivity index (χ4n) is 3.31. The molecular weight excluding hydrogens is 488 g/mol. The van der Waals surface area contributed by atoms with Crippen molar-refractivity contribution in [2.24, 2.45) is 10.9 Å². The minimum absolute atomic E-state index is 0.0363. The Morgan fingerprint density at radius 3 is 2.54 bits per heavy atom. The summed E-state index contributed by atoms with van der Waals surface area (Å²) < 4.78 is 33.1. The van der Waals surface area contributed by atoms with Gasteiger partial charge in [-0.25, -0.2) is 13.1 Å². The molecule has 0 bridgehead atoms. The molecule has 0 aromatic heterocycles. The number of hydrogen-bond acceptors (Lipinski definition) is 7. The van der Waals surface area contributed by atoms with Crippen molar-refractivity contribution < 1.29 is 17.9 Å². The third kappa shape index (κ3) is 7.46. The van der Waals surface area contributed by atoms with Crippen molar-refractivity contribution in [2.45, 2.75) is 31.2 Å². The second-order valence-electron chi connectivity index (χ2n) is 7.92. The summed E-state index contributed by atoms with van der Waals surface area (Å²) in [4.78, 5) is 12.4. The Morgan fingerprint density at radius 1 is 1.14 bits per heavy atom. The van der Waals surface area contributed by atoms with Crippen molar-refractivity contribution in [1.29, 1.82) is 0 Å². The van der Waals surface area contributed by atoms with Crippen LogP contribution >= 0.6 is 11.6 Å². The molecule has 184 valence electrons. The average Bonchev–Trinajstić information content (AvgIpc) is 2.80. The number of hydrogen-bond donors (Lipinski definition) is 3. The first kappa shape index (κ1) is 26.1. The Kier molecular flexibility index (Phi) is 8.73. The zero-order valence-corrected chi connectivity index (χ0v) is 20.9. The van der Waals surface area contributed by atoms with E-state index in [4.69, 9.17) is 22.2 Å². The Morgan fingerprint density at radius 2 is 1.86 bits per heavy atom. The van der Waals surface area contributed by atoms with Gasteiger partial charge in [-0.15, -0.1) is 0 Å². The lowest BCUT2D eigenvalue weighted by Gasteiger charge is -2.17. The zero-order chi connectivity index (χ0) is 25.4. The molecule has 3 aromatic carbocycles. The maximum absolute atomic E-state index is 12.6. The Labute approximate surface area is 210 Å². The number of ether oxygens (including phenoxy) is 1. The third-order valence-electron chi connectivity index (χ3n) is 5.05. The van der Waals surface area contributed by atoms with Crippen molar-refractivity contribution >= 4 is 39.4 Å². The number of amides is 1. The molecule has 10 heteroatoms. The number of nitrogens with two attached hydrogens (primary N) is 1. The van der Waals surface area contributed by atoms with Gasteiger partial charge in [-0.05, 0) is 54.8 Å². The van der Waals surface area contributed by atoms with E-state index >= 15 is 0 Å². The van der Waals surface area contributed by atoms with Gasteiger partial charge in [0.15, 0.2) is 0 Å². The molecule has 0 aliphatic heterocycles. The standard InChI is InChI=1S/C25H27ClN4O4S/c1-17-13-21(15-22(14-17)34-12-11-19-7-9-20(10-8-19)16-28-27)29-18(2)25(31)30-35(32,33)24-6-4-3-5-23(24)26/h3-10,13-16,18,29H,11-12,27H2,1-2H3,(H,30,31). The number of nitrogens with one attached hydrogen (secondary N) is 2. The van der Waals surface area contributed by atoms with Crippen LogP contribution in [0.3, 0.4) is 0 Å². The van der Waals surface area contributed by atoms with Gasteiger partial charge in [-0.2, -0.15) is 5.10 Å². The molecule has 3 rings (SSSR count). The van der Waals surface area contributed by atoms with Gasteiger partial charge in [0.2, 0.25) is 0 Å². The van der Waals surface area contributed by atoms with E-state index in [2.05, 4.69) is 15.1 Å². The first-order chi connectivity index (χ1) is 16.7. The van der Waals surface area contributed by atoms with Crippen molar-refractivity contribution in [1.82, 2.24) is 4.72 Å². The van der Waals surface area contributed by atoms with Crippen molar-refractivity contribution in [2.75, 3.05) is 11.9 Å². The molecular formula is C25H27ClN4O4S. The van der Waals surface area contributed by atoms with Crippen LogP contribution in [0.25, 0.3) is 0 Å². The molecule has 0 heterocycles. The lowest BCUT2D eigenvalue weighted by molar-refractivity contribution is -0.119. The molecule has 1 unspecified atom stereocenters. The molecule has 0 spiro atoms. The van der Waals surface area contributed by atoms with Crippen LogP contribution in [0.5, 0.6) is 5.75 Å². The molecule has 8 nitrogen and oxygen atoms in total. The lowest BCUT2D eigenvalue weighted by atomic mass is 10.1. The van der Waals surface area contributed by atoms with E-state index < -0.39 is 22.0 Å². The first-order valence-corrected chi connectivity index (χ1v) is 12.7. The normalized spacial score (nSPS) is 12.3. The Balaban J connectivity index is 1.59. The summed E-state index contributed by atoms with van der Waals surface area (Å²) in [6, 6.07) is 18.4. The molecule has 0 saturated carbocycles. The molecule has 0 saturated heterocycles. The van der Waals surface area contributed by atoms with Gasteiger partial charge in [0.1, 0.15) is 16.7 Å². The van der Waals surface area contributed by atoms with Crippen molar-refractivity contribution in [3.05, 3.63) is 88.4 Å². The van der Waals surface area contributed by atoms with E-state index in [1.54, 1.807) is 25.3 Å². The van der Waals surface area contributed by atoms with Crippen LogP contribution in [0.15, 0.2) is 76.7 Å². The van der Waals surface area contributed by atoms with Gasteiger partial charge in [-0.1, -0.05) is 48.0 Å². The number of anilines is 1. The van der Waals surface area contributed by atoms with E-state index in [1.807, 2.05) is 43.3 Å². The second kappa shape index (κ2) is 11.7. The van der Waals surface area contributed by atoms with Gasteiger partial charge < -0.3 is 15.9 Å². The summed E-state index contributed by atoms with van der Waals surface area (Å²) in [6.45, 7) is 3.93.